The van der Waals surface area contributed by atoms with Crippen LogP contribution in [0.4, 0.5) is 0 Å². The van der Waals surface area contributed by atoms with Gasteiger partial charge in [-0.25, -0.2) is 0 Å². The summed E-state index contributed by atoms with van der Waals surface area (Å²) in [6, 6.07) is 0. The lowest BCUT2D eigenvalue weighted by Crippen LogP contribution is -2.59. The fraction of sp³-hybridized carbons (Fsp3) is 0.943. The van der Waals surface area contributed by atoms with Gasteiger partial charge in [-0.1, -0.05) is 129 Å². The van der Waals surface area contributed by atoms with E-state index in [1.54, 1.807) is 0 Å². The first-order valence-electron chi connectivity index (χ1n) is 18.1. The van der Waals surface area contributed by atoms with Crippen molar-refractivity contribution in [3.8, 4) is 0 Å². The quantitative estimate of drug-likeness (QED) is 0.0573. The number of unbranched alkanes of at least 4 members (excludes halogenated alkanes) is 18. The van der Waals surface area contributed by atoms with Gasteiger partial charge >= 0.3 is 11.9 Å². The minimum atomic E-state index is -1.59. The molecule has 0 aromatic carbocycles. The summed E-state index contributed by atoms with van der Waals surface area (Å²) < 4.78 is 22.0. The number of carbonyl (C=O) groups is 2. The van der Waals surface area contributed by atoms with E-state index in [4.69, 9.17) is 18.9 Å². The molecular formula is C35H66O10. The topological polar surface area (TPSA) is 152 Å². The molecular weight excluding hydrogens is 580 g/mol. The molecule has 0 spiro atoms. The van der Waals surface area contributed by atoms with E-state index in [1.807, 2.05) is 0 Å². The van der Waals surface area contributed by atoms with Crippen LogP contribution in [0.3, 0.4) is 0 Å². The van der Waals surface area contributed by atoms with Crippen molar-refractivity contribution in [1.29, 1.82) is 0 Å². The van der Waals surface area contributed by atoms with E-state index in [0.717, 1.165) is 38.5 Å². The number of hydrogen-bond donors (Lipinski definition) is 4. The van der Waals surface area contributed by atoms with Gasteiger partial charge in [-0.15, -0.1) is 0 Å². The molecule has 266 valence electrons. The molecule has 0 amide bonds. The van der Waals surface area contributed by atoms with Crippen LogP contribution < -0.4 is 0 Å². The van der Waals surface area contributed by atoms with Crippen molar-refractivity contribution in [2.75, 3.05) is 19.8 Å². The molecule has 1 heterocycles. The van der Waals surface area contributed by atoms with Crippen LogP contribution in [0.5, 0.6) is 0 Å². The summed E-state index contributed by atoms with van der Waals surface area (Å²) in [6.07, 6.45) is 15.5. The molecule has 45 heavy (non-hydrogen) atoms. The number of aliphatic hydroxyl groups excluding tert-OH is 4. The molecule has 1 aliphatic rings. The smallest absolute Gasteiger partial charge is 0.306 e. The van der Waals surface area contributed by atoms with Gasteiger partial charge in [0.2, 0.25) is 0 Å². The highest BCUT2D eigenvalue weighted by Gasteiger charge is 2.44. The maximum Gasteiger partial charge on any atom is 0.306 e. The Hall–Kier alpha value is -1.30. The van der Waals surface area contributed by atoms with E-state index in [1.165, 1.54) is 83.5 Å². The van der Waals surface area contributed by atoms with Crippen LogP contribution in [0.1, 0.15) is 155 Å². The third-order valence-electron chi connectivity index (χ3n) is 8.49. The first-order chi connectivity index (χ1) is 21.8. The summed E-state index contributed by atoms with van der Waals surface area (Å²) in [7, 11) is 0. The molecule has 1 fully saturated rings. The summed E-state index contributed by atoms with van der Waals surface area (Å²) in [5, 5.41) is 39.8. The zero-order valence-electron chi connectivity index (χ0n) is 28.4. The van der Waals surface area contributed by atoms with Gasteiger partial charge in [0.1, 0.15) is 31.0 Å². The summed E-state index contributed by atoms with van der Waals surface area (Å²) in [4.78, 5) is 25.0. The van der Waals surface area contributed by atoms with Crippen LogP contribution in [-0.2, 0) is 28.5 Å². The third-order valence-corrected chi connectivity index (χ3v) is 8.49. The molecule has 10 nitrogen and oxygen atoms in total. The number of rotatable bonds is 29. The van der Waals surface area contributed by atoms with Gasteiger partial charge in [0.05, 0.1) is 13.2 Å². The molecule has 4 N–H and O–H groups in total. The van der Waals surface area contributed by atoms with Gasteiger partial charge in [0.25, 0.3) is 0 Å². The Balaban J connectivity index is 2.43. The highest BCUT2D eigenvalue weighted by Crippen LogP contribution is 2.22. The average Bonchev–Trinajstić information content (AvgIpc) is 3.03. The standard InChI is InChI=1S/C35H66O10/c1-3-5-7-9-11-13-15-17-19-21-23-30(37)42-26-28(27-43-35-34(41)33(40)32(39)29(25-36)45-35)44-31(38)24-22-20-18-16-14-12-10-8-6-4-2/h28-29,32-36,39-41H,3-27H2,1-2H3. The second-order valence-corrected chi connectivity index (χ2v) is 12.7. The number of aliphatic hydroxyl groups is 4. The summed E-state index contributed by atoms with van der Waals surface area (Å²) in [5.41, 5.74) is 0. The number of carbonyl (C=O) groups excluding carboxylic acids is 2. The highest BCUT2D eigenvalue weighted by molar-refractivity contribution is 5.70. The van der Waals surface area contributed by atoms with Crippen LogP contribution in [0.25, 0.3) is 0 Å². The first kappa shape index (κ1) is 41.7. The van der Waals surface area contributed by atoms with Crippen LogP contribution in [0, 0.1) is 0 Å². The van der Waals surface area contributed by atoms with Crippen LogP contribution in [-0.4, -0.2) is 89.0 Å². The minimum Gasteiger partial charge on any atom is -0.462 e. The third kappa shape index (κ3) is 20.5. The lowest BCUT2D eigenvalue weighted by molar-refractivity contribution is -0.305. The van der Waals surface area contributed by atoms with Gasteiger partial charge in [0.15, 0.2) is 12.4 Å². The molecule has 0 radical (unpaired) electrons. The van der Waals surface area contributed by atoms with Crippen LogP contribution >= 0.6 is 0 Å². The monoisotopic (exact) mass is 646 g/mol. The minimum absolute atomic E-state index is 0.211. The van der Waals surface area contributed by atoms with Gasteiger partial charge in [-0.05, 0) is 12.8 Å². The Labute approximate surface area is 272 Å². The molecule has 0 aliphatic carbocycles. The zero-order valence-corrected chi connectivity index (χ0v) is 28.4. The van der Waals surface area contributed by atoms with E-state index in [-0.39, 0.29) is 32.0 Å². The molecule has 0 bridgehead atoms. The van der Waals surface area contributed by atoms with Crippen LogP contribution in [0.2, 0.25) is 0 Å². The van der Waals surface area contributed by atoms with Crippen molar-refractivity contribution in [2.24, 2.45) is 0 Å². The van der Waals surface area contributed by atoms with Crippen molar-refractivity contribution in [2.45, 2.75) is 192 Å². The zero-order chi connectivity index (χ0) is 33.1. The molecule has 1 rings (SSSR count). The van der Waals surface area contributed by atoms with Gasteiger partial charge in [-0.3, -0.25) is 9.59 Å². The van der Waals surface area contributed by atoms with Crippen LogP contribution in [0.15, 0.2) is 0 Å². The predicted molar refractivity (Wildman–Crippen MR) is 173 cm³/mol. The highest BCUT2D eigenvalue weighted by atomic mass is 16.7. The normalized spacial score (nSPS) is 22.3. The average molecular weight is 647 g/mol. The molecule has 6 atom stereocenters. The molecule has 1 saturated heterocycles. The van der Waals surface area contributed by atoms with Gasteiger partial charge < -0.3 is 39.4 Å². The number of ether oxygens (including phenoxy) is 4. The van der Waals surface area contributed by atoms with Crippen molar-refractivity contribution in [1.82, 2.24) is 0 Å². The molecule has 6 unspecified atom stereocenters. The maximum absolute atomic E-state index is 12.6. The van der Waals surface area contributed by atoms with Gasteiger partial charge in [0, 0.05) is 12.8 Å². The summed E-state index contributed by atoms with van der Waals surface area (Å²) in [6.45, 7) is 3.37. The van der Waals surface area contributed by atoms with Crippen molar-refractivity contribution in [3.63, 3.8) is 0 Å². The Morgan fingerprint density at radius 2 is 1.04 bits per heavy atom. The van der Waals surface area contributed by atoms with E-state index in [9.17, 15) is 30.0 Å². The number of esters is 2. The van der Waals surface area contributed by atoms with E-state index < -0.39 is 49.4 Å². The van der Waals surface area contributed by atoms with Crippen molar-refractivity contribution < 1.29 is 49.0 Å². The van der Waals surface area contributed by atoms with Crippen molar-refractivity contribution >= 4 is 11.9 Å². The first-order valence-corrected chi connectivity index (χ1v) is 18.1. The lowest BCUT2D eigenvalue weighted by atomic mass is 9.99. The SMILES string of the molecule is CCCCCCCCCCCCC(=O)OCC(COC1OC(CO)C(O)C(O)C1O)OC(=O)CCCCCCCCCCCC. The summed E-state index contributed by atoms with van der Waals surface area (Å²) >= 11 is 0. The van der Waals surface area contributed by atoms with Gasteiger partial charge in [-0.2, -0.15) is 0 Å². The molecule has 1 aliphatic heterocycles. The molecule has 10 heteroatoms. The Morgan fingerprint density at radius 3 is 1.51 bits per heavy atom. The van der Waals surface area contributed by atoms with E-state index >= 15 is 0 Å². The summed E-state index contributed by atoms with van der Waals surface area (Å²) in [5.74, 6) is -0.805. The Morgan fingerprint density at radius 1 is 0.600 bits per heavy atom. The van der Waals surface area contributed by atoms with E-state index in [2.05, 4.69) is 13.8 Å². The number of hydrogen-bond acceptors (Lipinski definition) is 10. The lowest BCUT2D eigenvalue weighted by Gasteiger charge is -2.39. The van der Waals surface area contributed by atoms with Crippen molar-refractivity contribution in [3.05, 3.63) is 0 Å². The largest absolute Gasteiger partial charge is 0.462 e. The molecule has 0 aromatic rings. The second-order valence-electron chi connectivity index (χ2n) is 12.7. The predicted octanol–water partition coefficient (Wildman–Crippen LogP) is 5.88. The Bertz CT molecular complexity index is 719. The fourth-order valence-electron chi connectivity index (χ4n) is 5.54. The molecule has 0 aromatic heterocycles. The Kier molecular flexibility index (Phi) is 25.8. The second kappa shape index (κ2) is 27.8. The van der Waals surface area contributed by atoms with E-state index in [0.29, 0.717) is 6.42 Å². The maximum atomic E-state index is 12.6. The fourth-order valence-corrected chi connectivity index (χ4v) is 5.54. The molecule has 0 saturated carbocycles.